The third-order valence-corrected chi connectivity index (χ3v) is 3.25. The van der Waals surface area contributed by atoms with Gasteiger partial charge in [-0.25, -0.2) is 0 Å². The maximum atomic E-state index is 6.30. The molecule has 1 aromatic carbocycles. The van der Waals surface area contributed by atoms with Crippen LogP contribution in [0.1, 0.15) is 30.9 Å². The largest absolute Gasteiger partial charge is 0.497 e. The summed E-state index contributed by atoms with van der Waals surface area (Å²) in [7, 11) is 3.33. The summed E-state index contributed by atoms with van der Waals surface area (Å²) in [5.74, 6) is 1.64. The SMILES string of the molecule is COc1ccc(OC)c(C(N)C2=CCCC2)c1. The second-order valence-corrected chi connectivity index (χ2v) is 4.26. The van der Waals surface area contributed by atoms with Crippen LogP contribution in [0.2, 0.25) is 0 Å². The molecule has 92 valence electrons. The van der Waals surface area contributed by atoms with Crippen LogP contribution >= 0.6 is 0 Å². The summed E-state index contributed by atoms with van der Waals surface area (Å²) in [6.07, 6.45) is 5.66. The summed E-state index contributed by atoms with van der Waals surface area (Å²) >= 11 is 0. The van der Waals surface area contributed by atoms with Crippen molar-refractivity contribution >= 4 is 0 Å². The Balaban J connectivity index is 2.34. The van der Waals surface area contributed by atoms with Crippen LogP contribution < -0.4 is 15.2 Å². The molecule has 3 nitrogen and oxygen atoms in total. The van der Waals surface area contributed by atoms with E-state index in [9.17, 15) is 0 Å². The zero-order valence-electron chi connectivity index (χ0n) is 10.4. The molecule has 2 rings (SSSR count). The van der Waals surface area contributed by atoms with Gasteiger partial charge >= 0.3 is 0 Å². The Labute approximate surface area is 102 Å². The van der Waals surface area contributed by atoms with Crippen LogP contribution in [-0.4, -0.2) is 14.2 Å². The fraction of sp³-hybridized carbons (Fsp3) is 0.429. The van der Waals surface area contributed by atoms with Crippen LogP contribution in [0.5, 0.6) is 11.5 Å². The number of rotatable bonds is 4. The van der Waals surface area contributed by atoms with Gasteiger partial charge in [0.2, 0.25) is 0 Å². The third kappa shape index (κ3) is 2.44. The summed E-state index contributed by atoms with van der Waals surface area (Å²) < 4.78 is 10.6. The third-order valence-electron chi connectivity index (χ3n) is 3.25. The highest BCUT2D eigenvalue weighted by atomic mass is 16.5. The molecule has 0 bridgehead atoms. The normalized spacial score (nSPS) is 16.5. The lowest BCUT2D eigenvalue weighted by atomic mass is 9.98. The van der Waals surface area contributed by atoms with Crippen molar-refractivity contribution in [2.75, 3.05) is 14.2 Å². The summed E-state index contributed by atoms with van der Waals surface area (Å²) in [5, 5.41) is 0. The van der Waals surface area contributed by atoms with Crippen molar-refractivity contribution in [1.82, 2.24) is 0 Å². The number of methoxy groups -OCH3 is 2. The molecule has 0 radical (unpaired) electrons. The molecule has 0 saturated carbocycles. The van der Waals surface area contributed by atoms with Gasteiger partial charge in [-0.05, 0) is 37.5 Å². The van der Waals surface area contributed by atoms with E-state index < -0.39 is 0 Å². The van der Waals surface area contributed by atoms with Crippen molar-refractivity contribution < 1.29 is 9.47 Å². The van der Waals surface area contributed by atoms with Crippen LogP contribution in [0.15, 0.2) is 29.8 Å². The molecule has 0 spiro atoms. The van der Waals surface area contributed by atoms with Crippen molar-refractivity contribution in [2.45, 2.75) is 25.3 Å². The van der Waals surface area contributed by atoms with Gasteiger partial charge in [-0.15, -0.1) is 0 Å². The minimum Gasteiger partial charge on any atom is -0.497 e. The van der Waals surface area contributed by atoms with E-state index in [2.05, 4.69) is 6.08 Å². The van der Waals surface area contributed by atoms with Crippen molar-refractivity contribution in [1.29, 1.82) is 0 Å². The Morgan fingerprint density at radius 3 is 2.65 bits per heavy atom. The van der Waals surface area contributed by atoms with Gasteiger partial charge in [0, 0.05) is 5.56 Å². The van der Waals surface area contributed by atoms with E-state index in [1.165, 1.54) is 12.0 Å². The Hall–Kier alpha value is -1.48. The fourth-order valence-electron chi connectivity index (χ4n) is 2.26. The van der Waals surface area contributed by atoms with E-state index in [1.54, 1.807) is 14.2 Å². The smallest absolute Gasteiger partial charge is 0.124 e. The van der Waals surface area contributed by atoms with Crippen molar-refractivity contribution in [3.8, 4) is 11.5 Å². The maximum absolute atomic E-state index is 6.30. The lowest BCUT2D eigenvalue weighted by molar-refractivity contribution is 0.397. The average Bonchev–Trinajstić information content (AvgIpc) is 2.91. The molecule has 0 amide bonds. The molecule has 2 N–H and O–H groups in total. The first-order valence-corrected chi connectivity index (χ1v) is 5.92. The first kappa shape index (κ1) is 12.0. The number of ether oxygens (including phenoxy) is 2. The fourth-order valence-corrected chi connectivity index (χ4v) is 2.26. The first-order valence-electron chi connectivity index (χ1n) is 5.92. The molecule has 1 unspecified atom stereocenters. The molecule has 0 aliphatic heterocycles. The Kier molecular flexibility index (Phi) is 3.69. The quantitative estimate of drug-likeness (QED) is 0.813. The van der Waals surface area contributed by atoms with Gasteiger partial charge in [0.05, 0.1) is 20.3 Å². The summed E-state index contributed by atoms with van der Waals surface area (Å²) in [4.78, 5) is 0. The lowest BCUT2D eigenvalue weighted by Gasteiger charge is -2.18. The molecule has 1 aliphatic carbocycles. The van der Waals surface area contributed by atoms with Gasteiger partial charge in [-0.3, -0.25) is 0 Å². The van der Waals surface area contributed by atoms with Gasteiger partial charge in [0.1, 0.15) is 11.5 Å². The molecule has 1 aliphatic rings. The van der Waals surface area contributed by atoms with E-state index in [0.29, 0.717) is 0 Å². The maximum Gasteiger partial charge on any atom is 0.124 e. The van der Waals surface area contributed by atoms with Crippen LogP contribution in [0.3, 0.4) is 0 Å². The summed E-state index contributed by atoms with van der Waals surface area (Å²) in [6, 6.07) is 5.67. The number of nitrogens with two attached hydrogens (primary N) is 1. The predicted octanol–water partition coefficient (Wildman–Crippen LogP) is 2.81. The minimum atomic E-state index is -0.0810. The Morgan fingerprint density at radius 1 is 1.24 bits per heavy atom. The van der Waals surface area contributed by atoms with Gasteiger partial charge in [0.15, 0.2) is 0 Å². The van der Waals surface area contributed by atoms with Crippen LogP contribution in [0.25, 0.3) is 0 Å². The highest BCUT2D eigenvalue weighted by molar-refractivity contribution is 5.45. The van der Waals surface area contributed by atoms with E-state index in [-0.39, 0.29) is 6.04 Å². The van der Waals surface area contributed by atoms with E-state index in [0.717, 1.165) is 29.9 Å². The first-order chi connectivity index (χ1) is 8.26. The molecule has 0 saturated heterocycles. The molecule has 1 aromatic rings. The highest BCUT2D eigenvalue weighted by Crippen LogP contribution is 2.35. The van der Waals surface area contributed by atoms with Crippen LogP contribution in [-0.2, 0) is 0 Å². The molecule has 0 fully saturated rings. The Morgan fingerprint density at radius 2 is 2.06 bits per heavy atom. The molecule has 0 aromatic heterocycles. The molecule has 0 heterocycles. The lowest BCUT2D eigenvalue weighted by Crippen LogP contribution is -2.13. The van der Waals surface area contributed by atoms with E-state index in [1.807, 2.05) is 18.2 Å². The van der Waals surface area contributed by atoms with E-state index in [4.69, 9.17) is 15.2 Å². The molecule has 17 heavy (non-hydrogen) atoms. The van der Waals surface area contributed by atoms with Crippen LogP contribution in [0, 0.1) is 0 Å². The zero-order valence-corrected chi connectivity index (χ0v) is 10.4. The second-order valence-electron chi connectivity index (χ2n) is 4.26. The van der Waals surface area contributed by atoms with Gasteiger partial charge in [0.25, 0.3) is 0 Å². The van der Waals surface area contributed by atoms with Gasteiger partial charge in [-0.1, -0.05) is 11.6 Å². The van der Waals surface area contributed by atoms with Crippen LogP contribution in [0.4, 0.5) is 0 Å². The van der Waals surface area contributed by atoms with Crippen molar-refractivity contribution in [2.24, 2.45) is 5.73 Å². The number of allylic oxidation sites excluding steroid dienone is 1. The second kappa shape index (κ2) is 5.23. The van der Waals surface area contributed by atoms with E-state index >= 15 is 0 Å². The summed E-state index contributed by atoms with van der Waals surface area (Å²) in [6.45, 7) is 0. The minimum absolute atomic E-state index is 0.0810. The summed E-state index contributed by atoms with van der Waals surface area (Å²) in [5.41, 5.74) is 8.60. The number of hydrogen-bond donors (Lipinski definition) is 1. The van der Waals surface area contributed by atoms with Crippen molar-refractivity contribution in [3.05, 3.63) is 35.4 Å². The molecular weight excluding hydrogens is 214 g/mol. The van der Waals surface area contributed by atoms with Gasteiger partial charge < -0.3 is 15.2 Å². The standard InChI is InChI=1S/C14H19NO2/c1-16-11-7-8-13(17-2)12(9-11)14(15)10-5-3-4-6-10/h5,7-9,14H,3-4,6,15H2,1-2H3. The average molecular weight is 233 g/mol. The molecule has 1 atom stereocenters. The monoisotopic (exact) mass is 233 g/mol. The topological polar surface area (TPSA) is 44.5 Å². The predicted molar refractivity (Wildman–Crippen MR) is 68.4 cm³/mol. The number of hydrogen-bond acceptors (Lipinski definition) is 3. The zero-order chi connectivity index (χ0) is 12.3. The van der Waals surface area contributed by atoms with Crippen molar-refractivity contribution in [3.63, 3.8) is 0 Å². The molecule has 3 heteroatoms. The number of benzene rings is 1. The molecular formula is C14H19NO2. The highest BCUT2D eigenvalue weighted by Gasteiger charge is 2.19. The van der Waals surface area contributed by atoms with Gasteiger partial charge in [-0.2, -0.15) is 0 Å². The Bertz CT molecular complexity index is 426.